The van der Waals surface area contributed by atoms with Crippen LogP contribution in [0, 0.1) is 0 Å². The van der Waals surface area contributed by atoms with Crippen LogP contribution in [0.2, 0.25) is 0 Å². The van der Waals surface area contributed by atoms with Gasteiger partial charge in [-0.25, -0.2) is 4.98 Å². The van der Waals surface area contributed by atoms with Crippen molar-refractivity contribution in [2.75, 3.05) is 18.4 Å². The first kappa shape index (κ1) is 8.97. The maximum atomic E-state index is 4.26. The predicted octanol–water partition coefficient (Wildman–Crippen LogP) is 1.62. The molecule has 2 N–H and O–H groups in total. The van der Waals surface area contributed by atoms with Crippen LogP contribution in [-0.2, 0) is 0 Å². The SMILES string of the molecule is Brc1ccc(NC2CCNC2)nc1. The lowest BCUT2D eigenvalue weighted by atomic mass is 10.2. The van der Waals surface area contributed by atoms with E-state index in [1.165, 1.54) is 6.42 Å². The summed E-state index contributed by atoms with van der Waals surface area (Å²) in [6.45, 7) is 2.14. The topological polar surface area (TPSA) is 37.0 Å². The molecule has 1 atom stereocenters. The third kappa shape index (κ3) is 2.42. The molecular weight excluding hydrogens is 230 g/mol. The van der Waals surface area contributed by atoms with E-state index in [1.54, 1.807) is 0 Å². The van der Waals surface area contributed by atoms with Crippen LogP contribution >= 0.6 is 15.9 Å². The highest BCUT2D eigenvalue weighted by molar-refractivity contribution is 9.10. The molecule has 0 saturated carbocycles. The lowest BCUT2D eigenvalue weighted by molar-refractivity contribution is 0.788. The largest absolute Gasteiger partial charge is 0.366 e. The molecule has 0 amide bonds. The third-order valence-electron chi connectivity index (χ3n) is 2.14. The van der Waals surface area contributed by atoms with Crippen molar-refractivity contribution >= 4 is 21.7 Å². The Morgan fingerprint density at radius 3 is 3.08 bits per heavy atom. The molecule has 0 aromatic carbocycles. The van der Waals surface area contributed by atoms with Gasteiger partial charge in [-0.3, -0.25) is 0 Å². The monoisotopic (exact) mass is 241 g/mol. The van der Waals surface area contributed by atoms with Gasteiger partial charge in [-0.2, -0.15) is 0 Å². The molecule has 70 valence electrons. The first-order valence-corrected chi connectivity index (χ1v) is 5.23. The molecule has 3 nitrogen and oxygen atoms in total. The minimum Gasteiger partial charge on any atom is -0.366 e. The van der Waals surface area contributed by atoms with Gasteiger partial charge in [0.2, 0.25) is 0 Å². The average Bonchev–Trinajstić information content (AvgIpc) is 2.62. The average molecular weight is 242 g/mol. The Morgan fingerprint density at radius 1 is 1.54 bits per heavy atom. The molecule has 2 heterocycles. The number of nitrogens with one attached hydrogen (secondary N) is 2. The molecule has 0 aliphatic carbocycles. The van der Waals surface area contributed by atoms with E-state index in [-0.39, 0.29) is 0 Å². The number of hydrogen-bond donors (Lipinski definition) is 2. The number of nitrogens with zero attached hydrogens (tertiary/aromatic N) is 1. The first-order chi connectivity index (χ1) is 6.34. The number of anilines is 1. The Bertz CT molecular complexity index is 267. The third-order valence-corrected chi connectivity index (χ3v) is 2.61. The summed E-state index contributed by atoms with van der Waals surface area (Å²) in [5.74, 6) is 0.955. The highest BCUT2D eigenvalue weighted by Gasteiger charge is 2.13. The minimum atomic E-state index is 0.536. The predicted molar refractivity (Wildman–Crippen MR) is 56.8 cm³/mol. The summed E-state index contributed by atoms with van der Waals surface area (Å²) in [4.78, 5) is 4.26. The van der Waals surface area contributed by atoms with Crippen LogP contribution in [0.4, 0.5) is 5.82 Å². The molecule has 0 bridgehead atoms. The summed E-state index contributed by atoms with van der Waals surface area (Å²) >= 11 is 3.36. The molecule has 1 aromatic rings. The highest BCUT2D eigenvalue weighted by atomic mass is 79.9. The summed E-state index contributed by atoms with van der Waals surface area (Å²) in [7, 11) is 0. The van der Waals surface area contributed by atoms with Crippen molar-refractivity contribution in [3.05, 3.63) is 22.8 Å². The summed E-state index contributed by atoms with van der Waals surface area (Å²) < 4.78 is 1.02. The Kier molecular flexibility index (Phi) is 2.80. The molecule has 2 rings (SSSR count). The lowest BCUT2D eigenvalue weighted by Gasteiger charge is -2.11. The van der Waals surface area contributed by atoms with E-state index in [0.29, 0.717) is 6.04 Å². The Labute approximate surface area is 86.1 Å². The van der Waals surface area contributed by atoms with Crippen molar-refractivity contribution in [3.63, 3.8) is 0 Å². The van der Waals surface area contributed by atoms with Crippen molar-refractivity contribution in [1.82, 2.24) is 10.3 Å². The van der Waals surface area contributed by atoms with Gasteiger partial charge < -0.3 is 10.6 Å². The summed E-state index contributed by atoms with van der Waals surface area (Å²) in [6, 6.07) is 4.52. The summed E-state index contributed by atoms with van der Waals surface area (Å²) in [5.41, 5.74) is 0. The van der Waals surface area contributed by atoms with Crippen LogP contribution in [0.3, 0.4) is 0 Å². The molecule has 0 radical (unpaired) electrons. The van der Waals surface area contributed by atoms with Gasteiger partial charge in [0, 0.05) is 23.3 Å². The van der Waals surface area contributed by atoms with E-state index in [9.17, 15) is 0 Å². The molecule has 4 heteroatoms. The van der Waals surface area contributed by atoms with Gasteiger partial charge in [0.05, 0.1) is 0 Å². The van der Waals surface area contributed by atoms with E-state index in [0.717, 1.165) is 23.4 Å². The molecule has 1 unspecified atom stereocenters. The van der Waals surface area contributed by atoms with Crippen LogP contribution in [0.15, 0.2) is 22.8 Å². The van der Waals surface area contributed by atoms with Crippen LogP contribution < -0.4 is 10.6 Å². The standard InChI is InChI=1S/C9H12BrN3/c10-7-1-2-9(12-5-7)13-8-3-4-11-6-8/h1-2,5,8,11H,3-4,6H2,(H,12,13). The van der Waals surface area contributed by atoms with E-state index in [4.69, 9.17) is 0 Å². The van der Waals surface area contributed by atoms with Gasteiger partial charge in [-0.1, -0.05) is 0 Å². The Morgan fingerprint density at radius 2 is 2.46 bits per heavy atom. The van der Waals surface area contributed by atoms with Crippen molar-refractivity contribution in [2.45, 2.75) is 12.5 Å². The van der Waals surface area contributed by atoms with Crippen molar-refractivity contribution in [3.8, 4) is 0 Å². The van der Waals surface area contributed by atoms with E-state index in [1.807, 2.05) is 18.3 Å². The first-order valence-electron chi connectivity index (χ1n) is 4.43. The van der Waals surface area contributed by atoms with Gasteiger partial charge in [0.1, 0.15) is 5.82 Å². The molecule has 0 spiro atoms. The summed E-state index contributed by atoms with van der Waals surface area (Å²) in [6.07, 6.45) is 2.99. The summed E-state index contributed by atoms with van der Waals surface area (Å²) in [5, 5.41) is 6.68. The lowest BCUT2D eigenvalue weighted by Crippen LogP contribution is -2.22. The molecule has 13 heavy (non-hydrogen) atoms. The van der Waals surface area contributed by atoms with Crippen LogP contribution in [0.5, 0.6) is 0 Å². The Balaban J connectivity index is 1.97. The number of pyridine rings is 1. The smallest absolute Gasteiger partial charge is 0.126 e. The van der Waals surface area contributed by atoms with E-state index < -0.39 is 0 Å². The maximum absolute atomic E-state index is 4.26. The highest BCUT2D eigenvalue weighted by Crippen LogP contribution is 2.12. The second-order valence-electron chi connectivity index (χ2n) is 3.20. The molecule has 1 aliphatic heterocycles. The number of halogens is 1. The van der Waals surface area contributed by atoms with Gasteiger partial charge in [-0.15, -0.1) is 0 Å². The fraction of sp³-hybridized carbons (Fsp3) is 0.444. The molecule has 1 aliphatic rings. The quantitative estimate of drug-likeness (QED) is 0.827. The second-order valence-corrected chi connectivity index (χ2v) is 4.11. The van der Waals surface area contributed by atoms with Crippen LogP contribution in [0.1, 0.15) is 6.42 Å². The van der Waals surface area contributed by atoms with Crippen LogP contribution in [-0.4, -0.2) is 24.1 Å². The normalized spacial score (nSPS) is 21.8. The minimum absolute atomic E-state index is 0.536. The van der Waals surface area contributed by atoms with Crippen molar-refractivity contribution < 1.29 is 0 Å². The molecule has 1 aromatic heterocycles. The van der Waals surface area contributed by atoms with Gasteiger partial charge in [-0.05, 0) is 41.0 Å². The molecule has 1 fully saturated rings. The molecular formula is C9H12BrN3. The van der Waals surface area contributed by atoms with Crippen LogP contribution in [0.25, 0.3) is 0 Å². The number of aromatic nitrogens is 1. The van der Waals surface area contributed by atoms with E-state index in [2.05, 4.69) is 31.5 Å². The van der Waals surface area contributed by atoms with E-state index >= 15 is 0 Å². The number of hydrogen-bond acceptors (Lipinski definition) is 3. The second kappa shape index (κ2) is 4.07. The zero-order valence-electron chi connectivity index (χ0n) is 7.26. The van der Waals surface area contributed by atoms with Gasteiger partial charge in [0.25, 0.3) is 0 Å². The molecule has 1 saturated heterocycles. The fourth-order valence-electron chi connectivity index (χ4n) is 1.45. The van der Waals surface area contributed by atoms with Gasteiger partial charge >= 0.3 is 0 Å². The Hall–Kier alpha value is -0.610. The van der Waals surface area contributed by atoms with Crippen molar-refractivity contribution in [1.29, 1.82) is 0 Å². The van der Waals surface area contributed by atoms with Gasteiger partial charge in [0.15, 0.2) is 0 Å². The maximum Gasteiger partial charge on any atom is 0.126 e. The zero-order valence-corrected chi connectivity index (χ0v) is 8.84. The van der Waals surface area contributed by atoms with Crippen molar-refractivity contribution in [2.24, 2.45) is 0 Å². The fourth-order valence-corrected chi connectivity index (χ4v) is 1.68. The number of rotatable bonds is 2. The zero-order chi connectivity index (χ0) is 9.10.